The van der Waals surface area contributed by atoms with Gasteiger partial charge in [0.1, 0.15) is 5.60 Å². The summed E-state index contributed by atoms with van der Waals surface area (Å²) in [6.07, 6.45) is 13.4. The number of amides is 1. The number of pyridine rings is 1. The Labute approximate surface area is 224 Å². The van der Waals surface area contributed by atoms with Crippen LogP contribution in [0.15, 0.2) is 55.2 Å². The lowest BCUT2D eigenvalue weighted by molar-refractivity contribution is 0.0178. The van der Waals surface area contributed by atoms with Crippen molar-refractivity contribution in [3.63, 3.8) is 0 Å². The number of nitrogens with zero attached hydrogens (tertiary/aromatic N) is 4. The lowest BCUT2D eigenvalue weighted by Gasteiger charge is -2.37. The van der Waals surface area contributed by atoms with E-state index in [9.17, 15) is 4.79 Å². The van der Waals surface area contributed by atoms with Crippen LogP contribution in [-0.2, 0) is 11.3 Å². The summed E-state index contributed by atoms with van der Waals surface area (Å²) < 4.78 is 7.75. The van der Waals surface area contributed by atoms with Gasteiger partial charge in [-0.15, -0.1) is 0 Å². The number of rotatable bonds is 5. The Kier molecular flexibility index (Phi) is 7.38. The van der Waals surface area contributed by atoms with Gasteiger partial charge in [0.15, 0.2) is 0 Å². The van der Waals surface area contributed by atoms with Gasteiger partial charge >= 0.3 is 6.09 Å². The van der Waals surface area contributed by atoms with Crippen LogP contribution in [0.2, 0.25) is 5.02 Å². The third kappa shape index (κ3) is 5.90. The van der Waals surface area contributed by atoms with Crippen molar-refractivity contribution in [3.05, 3.63) is 82.7 Å². The van der Waals surface area contributed by atoms with Gasteiger partial charge in [0.2, 0.25) is 0 Å². The molecule has 2 aliphatic rings. The standard InChI is InChI=1S/C30H35ClN4O2/c1-30(2,3)37-29(36)35-15-10-21(11-16-35)27-25-9-8-24(31)19-23(25)18-22(26-7-4-12-33-28(26)27)6-5-14-34-17-13-32-20-34/h4,7-9,12-13,17-21,27H,5-6,10-11,14-16H2,1-3H3. The van der Waals surface area contributed by atoms with Crippen LogP contribution in [0, 0.1) is 5.92 Å². The zero-order valence-electron chi connectivity index (χ0n) is 21.9. The zero-order valence-corrected chi connectivity index (χ0v) is 22.6. The molecule has 3 heterocycles. The Morgan fingerprint density at radius 3 is 2.70 bits per heavy atom. The molecule has 0 saturated carbocycles. The minimum Gasteiger partial charge on any atom is -0.444 e. The maximum absolute atomic E-state index is 12.7. The number of imidazole rings is 1. The van der Waals surface area contributed by atoms with E-state index in [-0.39, 0.29) is 12.0 Å². The molecule has 6 nitrogen and oxygen atoms in total. The number of benzene rings is 1. The van der Waals surface area contributed by atoms with Crippen LogP contribution >= 0.6 is 11.6 Å². The first-order chi connectivity index (χ1) is 17.8. The lowest BCUT2D eigenvalue weighted by Crippen LogP contribution is -2.42. The molecule has 0 radical (unpaired) electrons. The number of fused-ring (bicyclic) bond motifs is 2. The van der Waals surface area contributed by atoms with Crippen molar-refractivity contribution in [1.29, 1.82) is 0 Å². The van der Waals surface area contributed by atoms with Gasteiger partial charge in [-0.1, -0.05) is 29.8 Å². The average Bonchev–Trinajstić information content (AvgIpc) is 3.33. The van der Waals surface area contributed by atoms with E-state index >= 15 is 0 Å². The predicted octanol–water partition coefficient (Wildman–Crippen LogP) is 7.04. The van der Waals surface area contributed by atoms with Crippen molar-refractivity contribution in [2.75, 3.05) is 13.1 Å². The molecule has 1 aromatic carbocycles. The number of hydrogen-bond acceptors (Lipinski definition) is 4. The SMILES string of the molecule is CC(C)(C)OC(=O)N1CCC(C2c3ccc(Cl)cc3C=C(CCCn3ccnc3)c3cccnc32)CC1. The highest BCUT2D eigenvalue weighted by Gasteiger charge is 2.36. The molecular formula is C30H35ClN4O2. The molecule has 1 atom stereocenters. The van der Waals surface area contributed by atoms with E-state index in [1.54, 1.807) is 0 Å². The summed E-state index contributed by atoms with van der Waals surface area (Å²) >= 11 is 6.49. The Morgan fingerprint density at radius 1 is 1.16 bits per heavy atom. The number of carbonyl (C=O) groups excluding carboxylic acids is 1. The molecule has 5 rings (SSSR count). The van der Waals surface area contributed by atoms with Gasteiger partial charge in [0.05, 0.1) is 12.0 Å². The highest BCUT2D eigenvalue weighted by Crippen LogP contribution is 2.45. The average molecular weight is 519 g/mol. The van der Waals surface area contributed by atoms with Crippen molar-refractivity contribution in [2.24, 2.45) is 5.92 Å². The molecule has 1 saturated heterocycles. The summed E-state index contributed by atoms with van der Waals surface area (Å²) in [7, 11) is 0. The van der Waals surface area contributed by atoms with Gasteiger partial charge in [0.25, 0.3) is 0 Å². The van der Waals surface area contributed by atoms with Gasteiger partial charge < -0.3 is 14.2 Å². The van der Waals surface area contributed by atoms with Crippen LogP contribution in [0.1, 0.15) is 74.8 Å². The molecule has 37 heavy (non-hydrogen) atoms. The fourth-order valence-electron chi connectivity index (χ4n) is 5.60. The normalized spacial score (nSPS) is 18.0. The molecule has 1 aliphatic heterocycles. The molecular weight excluding hydrogens is 484 g/mol. The minimum atomic E-state index is -0.490. The Bertz CT molecular complexity index is 1270. The highest BCUT2D eigenvalue weighted by molar-refractivity contribution is 6.30. The van der Waals surface area contributed by atoms with E-state index < -0.39 is 5.60 Å². The minimum absolute atomic E-state index is 0.145. The first kappa shape index (κ1) is 25.5. The third-order valence-electron chi connectivity index (χ3n) is 7.28. The number of likely N-dealkylation sites (tertiary alicyclic amines) is 1. The zero-order chi connectivity index (χ0) is 26.0. The molecule has 1 fully saturated rings. The van der Waals surface area contributed by atoms with Gasteiger partial charge in [-0.2, -0.15) is 0 Å². The largest absolute Gasteiger partial charge is 0.444 e. The number of piperidine rings is 1. The predicted molar refractivity (Wildman–Crippen MR) is 147 cm³/mol. The first-order valence-electron chi connectivity index (χ1n) is 13.2. The van der Waals surface area contributed by atoms with Gasteiger partial charge in [-0.05, 0) is 92.8 Å². The van der Waals surface area contributed by atoms with Crippen molar-refractivity contribution < 1.29 is 9.53 Å². The van der Waals surface area contributed by atoms with E-state index in [1.165, 1.54) is 22.3 Å². The molecule has 0 N–H and O–H groups in total. The molecule has 194 valence electrons. The molecule has 0 spiro atoms. The van der Waals surface area contributed by atoms with Crippen molar-refractivity contribution in [2.45, 2.75) is 64.5 Å². The number of aromatic nitrogens is 3. The second kappa shape index (κ2) is 10.7. The maximum Gasteiger partial charge on any atom is 0.410 e. The summed E-state index contributed by atoms with van der Waals surface area (Å²) in [6.45, 7) is 8.02. The maximum atomic E-state index is 12.7. The Balaban J connectivity index is 1.43. The van der Waals surface area contributed by atoms with Crippen LogP contribution in [0.4, 0.5) is 4.79 Å². The van der Waals surface area contributed by atoms with E-state index in [4.69, 9.17) is 21.3 Å². The van der Waals surface area contributed by atoms with E-state index in [0.29, 0.717) is 19.0 Å². The van der Waals surface area contributed by atoms with Crippen molar-refractivity contribution >= 4 is 29.3 Å². The second-order valence-corrected chi connectivity index (χ2v) is 11.5. The third-order valence-corrected chi connectivity index (χ3v) is 7.51. The van der Waals surface area contributed by atoms with Crippen LogP contribution < -0.4 is 0 Å². The van der Waals surface area contributed by atoms with E-state index in [1.807, 2.05) is 62.7 Å². The number of aryl methyl sites for hydroxylation is 1. The molecule has 1 aliphatic carbocycles. The Hall–Kier alpha value is -3.12. The van der Waals surface area contributed by atoms with Crippen LogP contribution in [0.25, 0.3) is 11.6 Å². The lowest BCUT2D eigenvalue weighted by atomic mass is 9.76. The second-order valence-electron chi connectivity index (χ2n) is 11.1. The first-order valence-corrected chi connectivity index (χ1v) is 13.6. The smallest absolute Gasteiger partial charge is 0.410 e. The molecule has 1 unspecified atom stereocenters. The van der Waals surface area contributed by atoms with Gasteiger partial charge in [-0.25, -0.2) is 9.78 Å². The van der Waals surface area contributed by atoms with Crippen LogP contribution in [-0.4, -0.2) is 44.2 Å². The number of carbonyl (C=O) groups is 1. The Morgan fingerprint density at radius 2 is 1.97 bits per heavy atom. The van der Waals surface area contributed by atoms with E-state index in [2.05, 4.69) is 33.8 Å². The number of halogens is 1. The topological polar surface area (TPSA) is 60.2 Å². The molecule has 1 amide bonds. The summed E-state index contributed by atoms with van der Waals surface area (Å²) in [5, 5.41) is 0.741. The fourth-order valence-corrected chi connectivity index (χ4v) is 5.78. The number of allylic oxidation sites excluding steroid dienone is 1. The van der Waals surface area contributed by atoms with E-state index in [0.717, 1.165) is 42.9 Å². The molecule has 7 heteroatoms. The summed E-state index contributed by atoms with van der Waals surface area (Å²) in [4.78, 5) is 23.7. The molecule has 0 bridgehead atoms. The monoisotopic (exact) mass is 518 g/mol. The number of hydrogen-bond donors (Lipinski definition) is 0. The quantitative estimate of drug-likeness (QED) is 0.363. The van der Waals surface area contributed by atoms with Gasteiger partial charge in [0, 0.05) is 49.2 Å². The summed E-state index contributed by atoms with van der Waals surface area (Å²) in [5.41, 5.74) is 5.59. The van der Waals surface area contributed by atoms with Crippen molar-refractivity contribution in [1.82, 2.24) is 19.4 Å². The molecule has 3 aromatic rings. The molecule has 2 aromatic heterocycles. The summed E-state index contributed by atoms with van der Waals surface area (Å²) in [5.74, 6) is 0.512. The van der Waals surface area contributed by atoms with Crippen LogP contribution in [0.3, 0.4) is 0 Å². The van der Waals surface area contributed by atoms with Gasteiger partial charge in [-0.3, -0.25) is 4.98 Å². The highest BCUT2D eigenvalue weighted by atomic mass is 35.5. The summed E-state index contributed by atoms with van der Waals surface area (Å²) in [6, 6.07) is 10.5. The number of ether oxygens (including phenoxy) is 1. The van der Waals surface area contributed by atoms with Crippen LogP contribution in [0.5, 0.6) is 0 Å². The van der Waals surface area contributed by atoms with Crippen molar-refractivity contribution in [3.8, 4) is 0 Å². The fraction of sp³-hybridized carbons (Fsp3) is 0.433.